The molecule has 2 atom stereocenters. The fourth-order valence-corrected chi connectivity index (χ4v) is 5.80. The number of hydrogen-bond donors (Lipinski definition) is 4. The van der Waals surface area contributed by atoms with E-state index < -0.39 is 0 Å². The van der Waals surface area contributed by atoms with Crippen molar-refractivity contribution in [3.8, 4) is 0 Å². The van der Waals surface area contributed by atoms with Crippen molar-refractivity contribution in [2.75, 3.05) is 46.0 Å². The van der Waals surface area contributed by atoms with Gasteiger partial charge in [-0.3, -0.25) is 0 Å². The van der Waals surface area contributed by atoms with Gasteiger partial charge in [0.15, 0.2) is 0 Å². The van der Waals surface area contributed by atoms with Crippen LogP contribution in [0.3, 0.4) is 0 Å². The van der Waals surface area contributed by atoms with Gasteiger partial charge in [-0.1, -0.05) is 0 Å². The van der Waals surface area contributed by atoms with Gasteiger partial charge in [-0.25, -0.2) is 0 Å². The number of rotatable bonds is 12. The second kappa shape index (κ2) is 14.9. The summed E-state index contributed by atoms with van der Waals surface area (Å²) in [6.45, 7) is 0. The van der Waals surface area contributed by atoms with Crippen molar-refractivity contribution < 1.29 is 0 Å². The van der Waals surface area contributed by atoms with Crippen LogP contribution < -0.4 is 0 Å². The second-order valence-corrected chi connectivity index (χ2v) is 9.00. The monoisotopic (exact) mass is 366 g/mol. The molecule has 0 saturated carbocycles. The van der Waals surface area contributed by atoms with E-state index in [1.54, 1.807) is 0 Å². The van der Waals surface area contributed by atoms with E-state index in [0.29, 0.717) is 10.5 Å². The van der Waals surface area contributed by atoms with Gasteiger partial charge in [0.2, 0.25) is 0 Å². The predicted octanol–water partition coefficient (Wildman–Crippen LogP) is 3.64. The zero-order valence-electron chi connectivity index (χ0n) is 9.83. The summed E-state index contributed by atoms with van der Waals surface area (Å²) in [5, 5.41) is 1.11. The molecule has 2 unspecified atom stereocenters. The van der Waals surface area contributed by atoms with Crippen LogP contribution in [0.15, 0.2) is 0 Å². The largest absolute Gasteiger partial charge is 0.179 e. The summed E-state index contributed by atoms with van der Waals surface area (Å²) in [5.41, 5.74) is 0. The lowest BCUT2D eigenvalue weighted by Gasteiger charge is -2.13. The van der Waals surface area contributed by atoms with Gasteiger partial charge in [-0.15, -0.1) is 0 Å². The molecular weight excluding hydrogens is 345 g/mol. The first-order chi connectivity index (χ1) is 8.24. The molecule has 17 heavy (non-hydrogen) atoms. The third-order valence-electron chi connectivity index (χ3n) is 1.85. The summed E-state index contributed by atoms with van der Waals surface area (Å²) in [6.07, 6.45) is 0. The maximum absolute atomic E-state index is 4.42. The Balaban J connectivity index is 3.30. The van der Waals surface area contributed by atoms with Crippen LogP contribution in [0.5, 0.6) is 0 Å². The van der Waals surface area contributed by atoms with Crippen molar-refractivity contribution in [2.24, 2.45) is 0 Å². The Labute approximate surface area is 141 Å². The molecule has 0 saturated heterocycles. The van der Waals surface area contributed by atoms with Crippen LogP contribution in [-0.4, -0.2) is 56.5 Å². The first-order valence-corrected chi connectivity index (χ1v) is 11.3. The zero-order valence-corrected chi connectivity index (χ0v) is 15.9. The average molecular weight is 367 g/mol. The highest BCUT2D eigenvalue weighted by molar-refractivity contribution is 8.05. The molecule has 0 fully saturated rings. The first-order valence-electron chi connectivity index (χ1n) is 5.52. The van der Waals surface area contributed by atoms with Crippen LogP contribution in [0.1, 0.15) is 0 Å². The first kappa shape index (κ1) is 19.4. The Hall–Kier alpha value is 2.45. The summed E-state index contributed by atoms with van der Waals surface area (Å²) in [4.78, 5) is 0. The quantitative estimate of drug-likeness (QED) is 0.308. The number of thioether (sulfide) groups is 3. The van der Waals surface area contributed by atoms with Crippen LogP contribution in [-0.2, 0) is 0 Å². The molecule has 0 bridgehead atoms. The van der Waals surface area contributed by atoms with E-state index in [1.165, 1.54) is 17.3 Å². The van der Waals surface area contributed by atoms with Gasteiger partial charge < -0.3 is 0 Å². The molecular formula is C10H22S7. The minimum atomic E-state index is 0.435. The molecule has 0 aliphatic heterocycles. The van der Waals surface area contributed by atoms with Crippen molar-refractivity contribution in [3.63, 3.8) is 0 Å². The normalized spacial score (nSPS) is 14.8. The minimum Gasteiger partial charge on any atom is -0.179 e. The van der Waals surface area contributed by atoms with E-state index in [9.17, 15) is 0 Å². The molecule has 0 aliphatic rings. The molecule has 7 heteroatoms. The molecule has 0 aliphatic carbocycles. The zero-order chi connectivity index (χ0) is 12.9. The van der Waals surface area contributed by atoms with Gasteiger partial charge in [-0.2, -0.15) is 85.8 Å². The minimum absolute atomic E-state index is 0.435. The second-order valence-electron chi connectivity index (χ2n) is 3.39. The molecule has 0 rings (SSSR count). The van der Waals surface area contributed by atoms with E-state index in [2.05, 4.69) is 50.5 Å². The van der Waals surface area contributed by atoms with Gasteiger partial charge in [0, 0.05) is 50.8 Å². The SMILES string of the molecule is SCCSC(CS)CSCCSCC(S)CS. The van der Waals surface area contributed by atoms with Gasteiger partial charge in [0.05, 0.1) is 0 Å². The van der Waals surface area contributed by atoms with Crippen molar-refractivity contribution in [2.45, 2.75) is 10.5 Å². The summed E-state index contributed by atoms with van der Waals surface area (Å²) in [6, 6.07) is 0. The van der Waals surface area contributed by atoms with E-state index in [0.717, 1.165) is 28.8 Å². The molecule has 0 radical (unpaired) electrons. The summed E-state index contributed by atoms with van der Waals surface area (Å²) in [5.74, 6) is 8.68. The topological polar surface area (TPSA) is 0 Å². The van der Waals surface area contributed by atoms with Crippen LogP contribution in [0, 0.1) is 0 Å². The molecule has 0 nitrogen and oxygen atoms in total. The molecule has 0 N–H and O–H groups in total. The lowest BCUT2D eigenvalue weighted by Crippen LogP contribution is -2.10. The lowest BCUT2D eigenvalue weighted by atomic mass is 10.5. The molecule has 0 heterocycles. The Bertz CT molecular complexity index is 156. The number of thiol groups is 4. The highest BCUT2D eigenvalue weighted by Crippen LogP contribution is 2.19. The van der Waals surface area contributed by atoms with Crippen molar-refractivity contribution in [1.29, 1.82) is 0 Å². The standard InChI is InChI=1S/C10H22S7/c11-1-2-17-10(6-13)8-16-4-3-15-7-9(14)5-12/h9-14H,1-8H2. The molecule has 0 aromatic rings. The summed E-state index contributed by atoms with van der Waals surface area (Å²) < 4.78 is 0. The maximum Gasteiger partial charge on any atom is 0.0226 e. The molecule has 104 valence electrons. The van der Waals surface area contributed by atoms with Crippen LogP contribution in [0.25, 0.3) is 0 Å². The fourth-order valence-electron chi connectivity index (χ4n) is 0.978. The van der Waals surface area contributed by atoms with Crippen molar-refractivity contribution >= 4 is 85.8 Å². The highest BCUT2D eigenvalue weighted by Gasteiger charge is 2.06. The Kier molecular flexibility index (Phi) is 17.0. The molecule has 0 aromatic heterocycles. The number of hydrogen-bond acceptors (Lipinski definition) is 7. The Morgan fingerprint density at radius 2 is 1.47 bits per heavy atom. The van der Waals surface area contributed by atoms with Gasteiger partial charge in [0.25, 0.3) is 0 Å². The van der Waals surface area contributed by atoms with E-state index in [-0.39, 0.29) is 0 Å². The third kappa shape index (κ3) is 13.2. The van der Waals surface area contributed by atoms with E-state index in [4.69, 9.17) is 0 Å². The summed E-state index contributed by atoms with van der Waals surface area (Å²) in [7, 11) is 0. The van der Waals surface area contributed by atoms with Crippen molar-refractivity contribution in [1.82, 2.24) is 0 Å². The average Bonchev–Trinajstić information content (AvgIpc) is 2.36. The van der Waals surface area contributed by atoms with Gasteiger partial charge >= 0.3 is 0 Å². The van der Waals surface area contributed by atoms with Gasteiger partial charge in [0.1, 0.15) is 0 Å². The molecule has 0 spiro atoms. The van der Waals surface area contributed by atoms with Crippen LogP contribution in [0.2, 0.25) is 0 Å². The van der Waals surface area contributed by atoms with E-state index >= 15 is 0 Å². The molecule has 0 amide bonds. The Morgan fingerprint density at radius 1 is 0.824 bits per heavy atom. The lowest BCUT2D eigenvalue weighted by molar-refractivity contribution is 1.15. The third-order valence-corrected chi connectivity index (χ3v) is 8.38. The van der Waals surface area contributed by atoms with Crippen LogP contribution in [0.4, 0.5) is 0 Å². The van der Waals surface area contributed by atoms with Crippen LogP contribution >= 0.6 is 85.8 Å². The van der Waals surface area contributed by atoms with Crippen molar-refractivity contribution in [3.05, 3.63) is 0 Å². The highest BCUT2D eigenvalue weighted by atomic mass is 32.2. The fraction of sp³-hybridized carbons (Fsp3) is 1.00. The van der Waals surface area contributed by atoms with Gasteiger partial charge in [-0.05, 0) is 5.75 Å². The predicted molar refractivity (Wildman–Crippen MR) is 105 cm³/mol. The molecule has 0 aromatic carbocycles. The summed E-state index contributed by atoms with van der Waals surface area (Å²) >= 11 is 23.3. The Morgan fingerprint density at radius 3 is 2.00 bits per heavy atom. The smallest absolute Gasteiger partial charge is 0.0226 e. The van der Waals surface area contributed by atoms with E-state index in [1.807, 2.05) is 35.3 Å². The maximum atomic E-state index is 4.42.